The summed E-state index contributed by atoms with van der Waals surface area (Å²) in [6.45, 7) is 1.37. The largest absolute Gasteiger partial charge is 0.460 e. The molecule has 1 aromatic heterocycles. The maximum absolute atomic E-state index is 14.8. The molecule has 0 aliphatic carbocycles. The van der Waals surface area contributed by atoms with E-state index in [-0.39, 0.29) is 31.2 Å². The molecule has 1 aliphatic rings. The third kappa shape index (κ3) is 7.44. The molecule has 202 valence electrons. The van der Waals surface area contributed by atoms with Crippen LogP contribution >= 0.6 is 19.5 Å². The number of anilines is 1. The number of para-hydroxylation sites is 1. The number of ether oxygens (including phenoxy) is 1. The lowest BCUT2D eigenvalue weighted by molar-refractivity contribution is -0.146. The Bertz CT molecular complexity index is 1330. The first-order valence-electron chi connectivity index (χ1n) is 11.8. The number of thioether (sulfide) groups is 1. The van der Waals surface area contributed by atoms with Crippen LogP contribution in [0, 0.1) is 0 Å². The summed E-state index contributed by atoms with van der Waals surface area (Å²) in [5.74, 6) is -0.345. The average molecular weight is 563 g/mol. The van der Waals surface area contributed by atoms with Gasteiger partial charge in [-0.2, -0.15) is 10.1 Å². The maximum atomic E-state index is 14.8. The number of benzene rings is 2. The van der Waals surface area contributed by atoms with Crippen molar-refractivity contribution >= 4 is 31.3 Å². The summed E-state index contributed by atoms with van der Waals surface area (Å²) < 4.78 is 46.4. The van der Waals surface area contributed by atoms with Gasteiger partial charge in [0.2, 0.25) is 0 Å². The number of rotatable bonds is 11. The molecule has 0 amide bonds. The summed E-state index contributed by atoms with van der Waals surface area (Å²) in [6, 6.07) is 17.9. The monoisotopic (exact) mass is 562 g/mol. The normalized spacial score (nSPS) is 21.4. The molecule has 38 heavy (non-hydrogen) atoms. The molecule has 2 aromatic carbocycles. The fourth-order valence-electron chi connectivity index (χ4n) is 3.71. The molecule has 4 rings (SSSR count). The smallest absolute Gasteiger partial charge is 0.459 e. The Balaban J connectivity index is 1.41. The lowest BCUT2D eigenvalue weighted by atomic mass is 10.2. The Morgan fingerprint density at radius 1 is 1.21 bits per heavy atom. The van der Waals surface area contributed by atoms with Gasteiger partial charge in [-0.1, -0.05) is 48.5 Å². The Morgan fingerprint density at radius 2 is 1.89 bits per heavy atom. The minimum Gasteiger partial charge on any atom is -0.460 e. The molecule has 1 saturated heterocycles. The van der Waals surface area contributed by atoms with Crippen LogP contribution in [0.4, 0.5) is 10.2 Å². The number of carbonyl (C=O) groups excluding carboxylic acids is 1. The number of halogens is 1. The molecule has 1 fully saturated rings. The Morgan fingerprint density at radius 3 is 2.58 bits per heavy atom. The van der Waals surface area contributed by atoms with Crippen LogP contribution in [-0.2, 0) is 25.2 Å². The van der Waals surface area contributed by atoms with E-state index in [1.807, 2.05) is 30.3 Å². The minimum atomic E-state index is -4.11. The highest BCUT2D eigenvalue weighted by atomic mass is 32.2. The first kappa shape index (κ1) is 27.8. The second kappa shape index (κ2) is 12.6. The number of nitrogens with one attached hydrogen (secondary N) is 1. The van der Waals surface area contributed by atoms with Crippen LogP contribution in [0.3, 0.4) is 0 Å². The number of carbonyl (C=O) groups is 1. The zero-order valence-corrected chi connectivity index (χ0v) is 22.2. The molecule has 1 unspecified atom stereocenters. The van der Waals surface area contributed by atoms with Gasteiger partial charge in [0.25, 0.3) is 0 Å². The van der Waals surface area contributed by atoms with E-state index < -0.39 is 42.2 Å². The van der Waals surface area contributed by atoms with Crippen LogP contribution in [0.1, 0.15) is 24.3 Å². The Kier molecular flexibility index (Phi) is 9.22. The van der Waals surface area contributed by atoms with E-state index >= 15 is 0 Å². The summed E-state index contributed by atoms with van der Waals surface area (Å²) in [6.07, 6.45) is 0.0730. The minimum absolute atomic E-state index is 0.0472. The molecule has 1 aliphatic heterocycles. The van der Waals surface area contributed by atoms with Crippen molar-refractivity contribution in [2.24, 2.45) is 0 Å². The molecule has 2 heterocycles. The highest BCUT2D eigenvalue weighted by molar-refractivity contribution is 8.00. The molecular formula is C25H28FN4O6PS. The van der Waals surface area contributed by atoms with E-state index in [1.165, 1.54) is 23.8 Å². The second-order valence-electron chi connectivity index (χ2n) is 8.58. The zero-order valence-electron chi connectivity index (χ0n) is 20.5. The van der Waals surface area contributed by atoms with E-state index in [0.29, 0.717) is 0 Å². The number of alkyl halides is 1. The molecule has 10 nitrogen and oxygen atoms in total. The van der Waals surface area contributed by atoms with Crippen molar-refractivity contribution in [1.82, 2.24) is 14.6 Å². The van der Waals surface area contributed by atoms with Crippen LogP contribution in [-0.4, -0.2) is 39.6 Å². The van der Waals surface area contributed by atoms with Gasteiger partial charge in [-0.15, -0.1) is 11.8 Å². The highest BCUT2D eigenvalue weighted by Crippen LogP contribution is 2.48. The van der Waals surface area contributed by atoms with Crippen molar-refractivity contribution < 1.29 is 27.5 Å². The third-order valence-corrected chi connectivity index (χ3v) is 8.74. The SMILES string of the molecule is C[C@H](NP(=O)(OC[C@@H]1C[C@H](F)[C@H](n2ccc(N)nc2=O)S1)Oc1ccccc1)C(=O)OCc1ccccc1. The van der Waals surface area contributed by atoms with Crippen molar-refractivity contribution in [2.45, 2.75) is 42.8 Å². The predicted molar refractivity (Wildman–Crippen MR) is 142 cm³/mol. The standard InChI is InChI=1S/C25H28FN4O6PS/c1-17(24(31)34-15-18-8-4-2-5-9-18)29-37(33,36-19-10-6-3-7-11-19)35-16-20-14-21(26)23(38-20)30-13-12-22(27)28-25(30)32/h2-13,17,20-21,23H,14-16H2,1H3,(H,29,33)(H2,27,28,32)/t17-,20-,21-,23+,37?/m0/s1. The summed E-state index contributed by atoms with van der Waals surface area (Å²) in [7, 11) is -4.11. The van der Waals surface area contributed by atoms with Crippen molar-refractivity contribution in [3.8, 4) is 5.75 Å². The van der Waals surface area contributed by atoms with Gasteiger partial charge in [0.05, 0.1) is 6.61 Å². The van der Waals surface area contributed by atoms with Crippen LogP contribution in [0.15, 0.2) is 77.7 Å². The van der Waals surface area contributed by atoms with Gasteiger partial charge in [-0.05, 0) is 37.1 Å². The molecular weight excluding hydrogens is 534 g/mol. The van der Waals surface area contributed by atoms with Crippen LogP contribution in [0.5, 0.6) is 5.75 Å². The van der Waals surface area contributed by atoms with Crippen molar-refractivity contribution in [1.29, 1.82) is 0 Å². The van der Waals surface area contributed by atoms with E-state index in [1.54, 1.807) is 30.3 Å². The number of nitrogens with zero attached hydrogens (tertiary/aromatic N) is 2. The van der Waals surface area contributed by atoms with Crippen molar-refractivity contribution in [3.05, 3.63) is 89.0 Å². The number of nitrogens with two attached hydrogens (primary N) is 1. The quantitative estimate of drug-likeness (QED) is 0.260. The number of hydrogen-bond donors (Lipinski definition) is 2. The van der Waals surface area contributed by atoms with Gasteiger partial charge in [-0.25, -0.2) is 13.8 Å². The first-order valence-corrected chi connectivity index (χ1v) is 14.3. The molecule has 0 radical (unpaired) electrons. The third-order valence-electron chi connectivity index (χ3n) is 5.58. The van der Waals surface area contributed by atoms with Crippen LogP contribution in [0.25, 0.3) is 0 Å². The zero-order chi connectivity index (χ0) is 27.1. The molecule has 13 heteroatoms. The fourth-order valence-corrected chi connectivity index (χ4v) is 6.75. The lowest BCUT2D eigenvalue weighted by Gasteiger charge is -2.24. The van der Waals surface area contributed by atoms with E-state index in [9.17, 15) is 18.5 Å². The van der Waals surface area contributed by atoms with E-state index in [2.05, 4.69) is 10.1 Å². The number of esters is 1. The van der Waals surface area contributed by atoms with Gasteiger partial charge in [0, 0.05) is 11.4 Å². The van der Waals surface area contributed by atoms with Gasteiger partial charge < -0.3 is 15.0 Å². The lowest BCUT2D eigenvalue weighted by Crippen LogP contribution is -2.35. The second-order valence-corrected chi connectivity index (χ2v) is 11.7. The van der Waals surface area contributed by atoms with Crippen molar-refractivity contribution in [2.75, 3.05) is 12.3 Å². The van der Waals surface area contributed by atoms with Crippen LogP contribution in [0.2, 0.25) is 0 Å². The number of aromatic nitrogens is 2. The molecule has 3 N–H and O–H groups in total. The molecule has 5 atom stereocenters. The van der Waals surface area contributed by atoms with E-state index in [4.69, 9.17) is 19.5 Å². The summed E-state index contributed by atoms with van der Waals surface area (Å²) in [4.78, 5) is 28.4. The van der Waals surface area contributed by atoms with Gasteiger partial charge in [0.15, 0.2) is 0 Å². The van der Waals surface area contributed by atoms with Crippen LogP contribution < -0.4 is 21.0 Å². The van der Waals surface area contributed by atoms with Gasteiger partial charge in [-0.3, -0.25) is 13.9 Å². The summed E-state index contributed by atoms with van der Waals surface area (Å²) in [5, 5.41) is 1.34. The highest BCUT2D eigenvalue weighted by Gasteiger charge is 2.40. The predicted octanol–water partition coefficient (Wildman–Crippen LogP) is 4.09. The van der Waals surface area contributed by atoms with E-state index in [0.717, 1.165) is 17.3 Å². The van der Waals surface area contributed by atoms with Crippen molar-refractivity contribution in [3.63, 3.8) is 0 Å². The molecule has 0 saturated carbocycles. The molecule has 0 spiro atoms. The first-order chi connectivity index (χ1) is 18.2. The summed E-state index contributed by atoms with van der Waals surface area (Å²) >= 11 is 1.16. The number of hydrogen-bond acceptors (Lipinski definition) is 9. The average Bonchev–Trinajstić information content (AvgIpc) is 3.27. The maximum Gasteiger partial charge on any atom is 0.459 e. The molecule has 3 aromatic rings. The Hall–Kier alpha value is -3.18. The topological polar surface area (TPSA) is 135 Å². The Labute approximate surface area is 223 Å². The van der Waals surface area contributed by atoms with Gasteiger partial charge >= 0.3 is 19.4 Å². The summed E-state index contributed by atoms with van der Waals surface area (Å²) in [5.41, 5.74) is 5.67. The fraction of sp³-hybridized carbons (Fsp3) is 0.320. The van der Waals surface area contributed by atoms with Gasteiger partial charge in [0.1, 0.15) is 35.8 Å². The molecule has 0 bridgehead atoms. The number of nitrogen functional groups attached to an aromatic ring is 1.